The van der Waals surface area contributed by atoms with Gasteiger partial charge in [0.1, 0.15) is 11.4 Å². The molecule has 1 atom stereocenters. The van der Waals surface area contributed by atoms with Crippen LogP contribution in [-0.4, -0.2) is 22.7 Å². The molecule has 1 amide bonds. The summed E-state index contributed by atoms with van der Waals surface area (Å²) in [5.74, 6) is 0.865. The summed E-state index contributed by atoms with van der Waals surface area (Å²) in [6.45, 7) is 1.82. The van der Waals surface area contributed by atoms with Gasteiger partial charge in [-0.25, -0.2) is 0 Å². The molecular formula is C18H18N2O3S. The fraction of sp³-hybridized carbons (Fsp3) is 0.333. The number of hydrogen-bond donors (Lipinski definition) is 2. The van der Waals surface area contributed by atoms with Crippen molar-refractivity contribution in [1.29, 1.82) is 0 Å². The fourth-order valence-electron chi connectivity index (χ4n) is 2.63. The number of benzene rings is 1. The molecule has 0 radical (unpaired) electrons. The second-order valence-electron chi connectivity index (χ2n) is 6.49. The molecule has 0 spiro atoms. The van der Waals surface area contributed by atoms with Crippen molar-refractivity contribution in [2.45, 2.75) is 31.3 Å². The van der Waals surface area contributed by atoms with Gasteiger partial charge in [-0.3, -0.25) is 4.79 Å². The third-order valence-corrected chi connectivity index (χ3v) is 5.66. The minimum atomic E-state index is -1.14. The predicted octanol–water partition coefficient (Wildman–Crippen LogP) is 3.40. The van der Waals surface area contributed by atoms with Gasteiger partial charge in [-0.15, -0.1) is 11.3 Å². The topological polar surface area (TPSA) is 75.4 Å². The van der Waals surface area contributed by atoms with Crippen molar-refractivity contribution in [3.8, 4) is 0 Å². The highest BCUT2D eigenvalue weighted by Gasteiger charge is 2.30. The fourth-order valence-corrected chi connectivity index (χ4v) is 3.74. The first kappa shape index (κ1) is 15.4. The highest BCUT2D eigenvalue weighted by atomic mass is 32.1. The zero-order chi connectivity index (χ0) is 16.7. The number of nitrogens with one attached hydrogen (secondary N) is 1. The van der Waals surface area contributed by atoms with Crippen molar-refractivity contribution < 1.29 is 14.4 Å². The molecule has 1 aromatic carbocycles. The van der Waals surface area contributed by atoms with Gasteiger partial charge in [-0.1, -0.05) is 23.4 Å². The van der Waals surface area contributed by atoms with Gasteiger partial charge in [0.2, 0.25) is 0 Å². The van der Waals surface area contributed by atoms with Crippen LogP contribution >= 0.6 is 11.3 Å². The molecule has 4 rings (SSSR count). The van der Waals surface area contributed by atoms with Crippen LogP contribution in [0, 0.1) is 0 Å². The third-order valence-electron chi connectivity index (χ3n) is 4.29. The molecule has 24 heavy (non-hydrogen) atoms. The first-order chi connectivity index (χ1) is 11.5. The predicted molar refractivity (Wildman–Crippen MR) is 92.2 cm³/mol. The van der Waals surface area contributed by atoms with Gasteiger partial charge >= 0.3 is 0 Å². The van der Waals surface area contributed by atoms with Gasteiger partial charge < -0.3 is 14.9 Å². The Morgan fingerprint density at radius 2 is 2.21 bits per heavy atom. The molecule has 124 valence electrons. The summed E-state index contributed by atoms with van der Waals surface area (Å²) >= 11 is 1.53. The van der Waals surface area contributed by atoms with E-state index < -0.39 is 5.60 Å². The van der Waals surface area contributed by atoms with E-state index in [-0.39, 0.29) is 18.1 Å². The SMILES string of the molecule is CC(O)(CNC(=O)c1cc(C2CC2)on1)c1cc2ccccc2s1. The van der Waals surface area contributed by atoms with E-state index in [0.29, 0.717) is 5.92 Å². The molecule has 3 aromatic rings. The van der Waals surface area contributed by atoms with E-state index in [0.717, 1.165) is 33.6 Å². The lowest BCUT2D eigenvalue weighted by molar-refractivity contribution is 0.0554. The molecule has 0 aliphatic heterocycles. The third kappa shape index (κ3) is 2.95. The van der Waals surface area contributed by atoms with Crippen LogP contribution in [0.4, 0.5) is 0 Å². The normalized spacial score (nSPS) is 16.9. The molecule has 0 bridgehead atoms. The quantitative estimate of drug-likeness (QED) is 0.745. The number of thiophene rings is 1. The summed E-state index contributed by atoms with van der Waals surface area (Å²) in [6.07, 6.45) is 2.19. The van der Waals surface area contributed by atoms with Crippen LogP contribution < -0.4 is 5.32 Å². The number of fused-ring (bicyclic) bond motifs is 1. The van der Waals surface area contributed by atoms with Crippen LogP contribution in [0.3, 0.4) is 0 Å². The van der Waals surface area contributed by atoms with Gasteiger partial charge in [-0.05, 0) is 37.3 Å². The average Bonchev–Trinajstić information content (AvgIpc) is 3.13. The second kappa shape index (κ2) is 5.72. The molecule has 2 heterocycles. The summed E-state index contributed by atoms with van der Waals surface area (Å²) in [6, 6.07) is 11.6. The van der Waals surface area contributed by atoms with E-state index in [2.05, 4.69) is 10.5 Å². The highest BCUT2D eigenvalue weighted by molar-refractivity contribution is 7.19. The van der Waals surface area contributed by atoms with Crippen molar-refractivity contribution >= 4 is 27.3 Å². The number of hydrogen-bond acceptors (Lipinski definition) is 5. The van der Waals surface area contributed by atoms with Crippen molar-refractivity contribution in [3.05, 3.63) is 52.7 Å². The number of aliphatic hydroxyl groups is 1. The second-order valence-corrected chi connectivity index (χ2v) is 7.58. The molecular weight excluding hydrogens is 324 g/mol. The Hall–Kier alpha value is -2.18. The average molecular weight is 342 g/mol. The van der Waals surface area contributed by atoms with E-state index in [1.807, 2.05) is 30.3 Å². The largest absolute Gasteiger partial charge is 0.383 e. The van der Waals surface area contributed by atoms with Gasteiger partial charge in [0.25, 0.3) is 5.91 Å². The van der Waals surface area contributed by atoms with Gasteiger partial charge in [0.05, 0.1) is 6.54 Å². The number of carbonyl (C=O) groups excluding carboxylic acids is 1. The Labute approximate surface area is 143 Å². The molecule has 1 aliphatic rings. The first-order valence-corrected chi connectivity index (χ1v) is 8.81. The van der Waals surface area contributed by atoms with Crippen LogP contribution in [-0.2, 0) is 5.60 Å². The summed E-state index contributed by atoms with van der Waals surface area (Å²) < 4.78 is 6.31. The Balaban J connectivity index is 1.45. The summed E-state index contributed by atoms with van der Waals surface area (Å²) in [4.78, 5) is 13.0. The minimum Gasteiger partial charge on any atom is -0.383 e. The van der Waals surface area contributed by atoms with Crippen molar-refractivity contribution in [2.24, 2.45) is 0 Å². The highest BCUT2D eigenvalue weighted by Crippen LogP contribution is 2.40. The Morgan fingerprint density at radius 1 is 1.42 bits per heavy atom. The minimum absolute atomic E-state index is 0.115. The van der Waals surface area contributed by atoms with Crippen LogP contribution in [0.15, 0.2) is 40.9 Å². The molecule has 1 saturated carbocycles. The smallest absolute Gasteiger partial charge is 0.273 e. The Bertz CT molecular complexity index is 859. The lowest BCUT2D eigenvalue weighted by Crippen LogP contribution is -2.38. The van der Waals surface area contributed by atoms with E-state index >= 15 is 0 Å². The summed E-state index contributed by atoms with van der Waals surface area (Å²) in [7, 11) is 0. The molecule has 0 saturated heterocycles. The molecule has 1 unspecified atom stereocenters. The molecule has 2 N–H and O–H groups in total. The lowest BCUT2D eigenvalue weighted by atomic mass is 10.0. The number of nitrogens with zero attached hydrogens (tertiary/aromatic N) is 1. The molecule has 5 nitrogen and oxygen atoms in total. The van der Waals surface area contributed by atoms with Gasteiger partial charge in [-0.2, -0.15) is 0 Å². The monoisotopic (exact) mass is 342 g/mol. The molecule has 1 fully saturated rings. The van der Waals surface area contributed by atoms with E-state index in [4.69, 9.17) is 4.52 Å². The Morgan fingerprint density at radius 3 is 2.96 bits per heavy atom. The lowest BCUT2D eigenvalue weighted by Gasteiger charge is -2.21. The molecule has 1 aliphatic carbocycles. The number of amides is 1. The van der Waals surface area contributed by atoms with Crippen LogP contribution in [0.25, 0.3) is 10.1 Å². The maximum absolute atomic E-state index is 12.2. The zero-order valence-electron chi connectivity index (χ0n) is 13.3. The van der Waals surface area contributed by atoms with Crippen molar-refractivity contribution in [3.63, 3.8) is 0 Å². The Kier molecular flexibility index (Phi) is 3.66. The van der Waals surface area contributed by atoms with Crippen molar-refractivity contribution in [2.75, 3.05) is 6.54 Å². The number of rotatable bonds is 5. The van der Waals surface area contributed by atoms with E-state index in [9.17, 15) is 9.90 Å². The van der Waals surface area contributed by atoms with Gasteiger partial charge in [0, 0.05) is 21.6 Å². The number of aromatic nitrogens is 1. The summed E-state index contributed by atoms with van der Waals surface area (Å²) in [5, 5.41) is 18.4. The zero-order valence-corrected chi connectivity index (χ0v) is 14.1. The van der Waals surface area contributed by atoms with Crippen molar-refractivity contribution in [1.82, 2.24) is 10.5 Å². The standard InChI is InChI=1S/C18H18N2O3S/c1-18(22,16-8-12-4-2-3-5-15(12)24-16)10-19-17(21)13-9-14(23-20-13)11-6-7-11/h2-5,8-9,11,22H,6-7,10H2,1H3,(H,19,21). The maximum Gasteiger partial charge on any atom is 0.273 e. The first-order valence-electron chi connectivity index (χ1n) is 7.99. The molecule has 6 heteroatoms. The van der Waals surface area contributed by atoms with Gasteiger partial charge in [0.15, 0.2) is 5.69 Å². The summed E-state index contributed by atoms with van der Waals surface area (Å²) in [5.41, 5.74) is -0.869. The van der Waals surface area contributed by atoms with Crippen LogP contribution in [0.1, 0.15) is 46.8 Å². The van der Waals surface area contributed by atoms with Crippen LogP contribution in [0.2, 0.25) is 0 Å². The number of carbonyl (C=O) groups is 1. The van der Waals surface area contributed by atoms with E-state index in [1.165, 1.54) is 11.3 Å². The molecule has 2 aromatic heterocycles. The maximum atomic E-state index is 12.2. The van der Waals surface area contributed by atoms with Crippen LogP contribution in [0.5, 0.6) is 0 Å². The van der Waals surface area contributed by atoms with E-state index in [1.54, 1.807) is 13.0 Å².